The first-order chi connectivity index (χ1) is 12.6. The second-order valence-electron chi connectivity index (χ2n) is 7.45. The Bertz CT molecular complexity index is 936. The Morgan fingerprint density at radius 2 is 2.07 bits per heavy atom. The number of benzene rings is 1. The van der Waals surface area contributed by atoms with E-state index in [0.29, 0.717) is 18.7 Å². The van der Waals surface area contributed by atoms with Crippen LogP contribution < -0.4 is 0 Å². The molecule has 1 aromatic carbocycles. The van der Waals surface area contributed by atoms with E-state index < -0.39 is 26.8 Å². The molecule has 3 rings (SSSR count). The van der Waals surface area contributed by atoms with Crippen molar-refractivity contribution in [2.75, 3.05) is 13.1 Å². The summed E-state index contributed by atoms with van der Waals surface area (Å²) in [7, 11) is -3.68. The number of hydrogen-bond donors (Lipinski definition) is 0. The Hall–Kier alpha value is -2.06. The number of carbonyl (C=O) groups excluding carboxylic acids is 1. The maximum atomic E-state index is 13.0. The van der Waals surface area contributed by atoms with Crippen molar-refractivity contribution in [2.45, 2.75) is 42.9 Å². The van der Waals surface area contributed by atoms with E-state index in [1.54, 1.807) is 56.0 Å². The molecule has 9 heteroatoms. The molecule has 27 heavy (non-hydrogen) atoms. The van der Waals surface area contributed by atoms with Gasteiger partial charge in [0, 0.05) is 25.5 Å². The van der Waals surface area contributed by atoms with Crippen LogP contribution in [0.5, 0.6) is 0 Å². The van der Waals surface area contributed by atoms with Crippen molar-refractivity contribution in [1.82, 2.24) is 14.7 Å². The predicted molar refractivity (Wildman–Crippen MR) is 102 cm³/mol. The minimum Gasteiger partial charge on any atom is -0.444 e. The number of amides is 1. The highest BCUT2D eigenvalue weighted by Crippen LogP contribution is 2.31. The third-order valence-corrected chi connectivity index (χ3v) is 6.88. The third kappa shape index (κ3) is 4.27. The molecule has 146 valence electrons. The molecule has 0 bridgehead atoms. The number of carbonyl (C=O) groups is 1. The summed E-state index contributed by atoms with van der Waals surface area (Å²) in [5, 5.41) is 3.53. The summed E-state index contributed by atoms with van der Waals surface area (Å²) in [6.07, 6.45) is 3.22. The first-order valence-corrected chi connectivity index (χ1v) is 10.5. The van der Waals surface area contributed by atoms with Gasteiger partial charge >= 0.3 is 6.09 Å². The summed E-state index contributed by atoms with van der Waals surface area (Å²) >= 11 is 6.27. The van der Waals surface area contributed by atoms with E-state index in [2.05, 4.69) is 5.10 Å². The Labute approximate surface area is 163 Å². The van der Waals surface area contributed by atoms with Gasteiger partial charge in [-0.2, -0.15) is 5.10 Å². The molecule has 0 aliphatic carbocycles. The molecule has 1 unspecified atom stereocenters. The van der Waals surface area contributed by atoms with Gasteiger partial charge in [0.25, 0.3) is 0 Å². The molecular formula is C18H22ClN3O4S. The lowest BCUT2D eigenvalue weighted by Crippen LogP contribution is -2.36. The molecule has 0 radical (unpaired) electrons. The zero-order valence-corrected chi connectivity index (χ0v) is 17.0. The van der Waals surface area contributed by atoms with Crippen LogP contribution in [0.15, 0.2) is 41.6 Å². The van der Waals surface area contributed by atoms with Crippen LogP contribution in [0.25, 0.3) is 5.69 Å². The normalized spacial score (nSPS) is 17.9. The van der Waals surface area contributed by atoms with Crippen LogP contribution >= 0.6 is 11.6 Å². The molecule has 0 N–H and O–H groups in total. The first-order valence-electron chi connectivity index (χ1n) is 8.59. The van der Waals surface area contributed by atoms with Crippen LogP contribution in [0.1, 0.15) is 27.2 Å². The van der Waals surface area contributed by atoms with E-state index in [4.69, 9.17) is 16.3 Å². The van der Waals surface area contributed by atoms with Gasteiger partial charge < -0.3 is 9.64 Å². The van der Waals surface area contributed by atoms with Crippen LogP contribution in [0.2, 0.25) is 5.02 Å². The van der Waals surface area contributed by atoms with E-state index in [9.17, 15) is 13.2 Å². The molecule has 1 atom stereocenters. The number of sulfone groups is 1. The lowest BCUT2D eigenvalue weighted by atomic mass is 10.2. The average molecular weight is 412 g/mol. The van der Waals surface area contributed by atoms with Crippen molar-refractivity contribution < 1.29 is 17.9 Å². The standard InChI is InChI=1S/C18H22ClN3O4S/c1-18(2,3)26-17(23)21-10-7-14(12-21)27(24,25)16-6-5-13(11-15(16)19)22-9-4-8-20-22/h4-6,8-9,11,14H,7,10,12H2,1-3H3. The lowest BCUT2D eigenvalue weighted by Gasteiger charge is -2.24. The largest absolute Gasteiger partial charge is 0.444 e. The van der Waals surface area contributed by atoms with E-state index in [0.717, 1.165) is 0 Å². The number of likely N-dealkylation sites (tertiary alicyclic amines) is 1. The van der Waals surface area contributed by atoms with Crippen molar-refractivity contribution in [3.05, 3.63) is 41.7 Å². The number of halogens is 1. The van der Waals surface area contributed by atoms with Crippen molar-refractivity contribution in [2.24, 2.45) is 0 Å². The fraction of sp³-hybridized carbons (Fsp3) is 0.444. The molecule has 1 aliphatic heterocycles. The van der Waals surface area contributed by atoms with Crippen LogP contribution in [-0.4, -0.2) is 53.1 Å². The summed E-state index contributed by atoms with van der Waals surface area (Å²) in [5.41, 5.74) is 0.0467. The van der Waals surface area contributed by atoms with Crippen LogP contribution in [0.4, 0.5) is 4.79 Å². The van der Waals surface area contributed by atoms with E-state index in [1.165, 1.54) is 11.0 Å². The van der Waals surface area contributed by atoms with E-state index >= 15 is 0 Å². The zero-order chi connectivity index (χ0) is 19.8. The van der Waals surface area contributed by atoms with Gasteiger partial charge in [0.05, 0.1) is 20.9 Å². The van der Waals surface area contributed by atoms with Gasteiger partial charge in [-0.05, 0) is 51.5 Å². The smallest absolute Gasteiger partial charge is 0.410 e. The molecule has 0 spiro atoms. The fourth-order valence-electron chi connectivity index (χ4n) is 2.94. The SMILES string of the molecule is CC(C)(C)OC(=O)N1CCC(S(=O)(=O)c2ccc(-n3cccn3)cc2Cl)C1. The molecule has 1 aliphatic rings. The van der Waals surface area contributed by atoms with Crippen molar-refractivity contribution in [3.63, 3.8) is 0 Å². The molecular weight excluding hydrogens is 390 g/mol. The minimum absolute atomic E-state index is 0.0658. The predicted octanol–water partition coefficient (Wildman–Crippen LogP) is 3.31. The highest BCUT2D eigenvalue weighted by molar-refractivity contribution is 7.92. The monoisotopic (exact) mass is 411 g/mol. The van der Waals surface area contributed by atoms with Crippen LogP contribution in [0.3, 0.4) is 0 Å². The van der Waals surface area contributed by atoms with Crippen molar-refractivity contribution >= 4 is 27.5 Å². The van der Waals surface area contributed by atoms with Crippen molar-refractivity contribution in [3.8, 4) is 5.69 Å². The van der Waals surface area contributed by atoms with Gasteiger partial charge in [0.2, 0.25) is 0 Å². The molecule has 2 aromatic rings. The maximum Gasteiger partial charge on any atom is 0.410 e. The summed E-state index contributed by atoms with van der Waals surface area (Å²) in [5.74, 6) is 0. The van der Waals surface area contributed by atoms with Gasteiger partial charge in [0.1, 0.15) is 5.60 Å². The van der Waals surface area contributed by atoms with Gasteiger partial charge in [-0.1, -0.05) is 11.6 Å². The minimum atomic E-state index is -3.68. The Morgan fingerprint density at radius 3 is 2.67 bits per heavy atom. The molecule has 1 amide bonds. The second kappa shape index (κ2) is 7.16. The molecule has 1 saturated heterocycles. The van der Waals surface area contributed by atoms with Crippen LogP contribution in [-0.2, 0) is 14.6 Å². The summed E-state index contributed by atoms with van der Waals surface area (Å²) in [4.78, 5) is 13.7. The topological polar surface area (TPSA) is 81.5 Å². The molecule has 1 aromatic heterocycles. The third-order valence-electron chi connectivity index (χ3n) is 4.23. The fourth-order valence-corrected chi connectivity index (χ4v) is 5.17. The lowest BCUT2D eigenvalue weighted by molar-refractivity contribution is 0.0295. The molecule has 7 nitrogen and oxygen atoms in total. The van der Waals surface area contributed by atoms with E-state index in [-0.39, 0.29) is 16.5 Å². The molecule has 2 heterocycles. The van der Waals surface area contributed by atoms with Gasteiger partial charge in [0.15, 0.2) is 9.84 Å². The average Bonchev–Trinajstić information content (AvgIpc) is 3.25. The van der Waals surface area contributed by atoms with Crippen molar-refractivity contribution in [1.29, 1.82) is 0 Å². The second-order valence-corrected chi connectivity index (χ2v) is 10.1. The number of nitrogens with zero attached hydrogens (tertiary/aromatic N) is 3. The van der Waals surface area contributed by atoms with Gasteiger partial charge in [-0.15, -0.1) is 0 Å². The van der Waals surface area contributed by atoms with Gasteiger partial charge in [-0.3, -0.25) is 0 Å². The maximum absolute atomic E-state index is 13.0. The number of hydrogen-bond acceptors (Lipinski definition) is 5. The first kappa shape index (κ1) is 19.7. The Morgan fingerprint density at radius 1 is 1.33 bits per heavy atom. The number of rotatable bonds is 3. The number of ether oxygens (including phenoxy) is 1. The Kier molecular flexibility index (Phi) is 5.22. The quantitative estimate of drug-likeness (QED) is 0.773. The Balaban J connectivity index is 1.78. The highest BCUT2D eigenvalue weighted by Gasteiger charge is 2.38. The summed E-state index contributed by atoms with van der Waals surface area (Å²) in [6.45, 7) is 5.75. The van der Waals surface area contributed by atoms with Gasteiger partial charge in [-0.25, -0.2) is 17.9 Å². The molecule has 1 fully saturated rings. The van der Waals surface area contributed by atoms with E-state index in [1.807, 2.05) is 0 Å². The highest BCUT2D eigenvalue weighted by atomic mass is 35.5. The summed E-state index contributed by atoms with van der Waals surface area (Å²) < 4.78 is 33.0. The summed E-state index contributed by atoms with van der Waals surface area (Å²) in [6, 6.07) is 6.49. The molecule has 0 saturated carbocycles. The van der Waals surface area contributed by atoms with Crippen LogP contribution in [0, 0.1) is 0 Å². The number of aromatic nitrogens is 2. The zero-order valence-electron chi connectivity index (χ0n) is 15.4.